The first-order valence-electron chi connectivity index (χ1n) is 5.06. The minimum Gasteiger partial charge on any atom is -0.256 e. The lowest BCUT2D eigenvalue weighted by Crippen LogP contribution is -1.88. The first kappa shape index (κ1) is 10.6. The lowest BCUT2D eigenvalue weighted by molar-refractivity contribution is 0.628. The molecule has 0 atom stereocenters. The van der Waals surface area contributed by atoms with Gasteiger partial charge in [0.05, 0.1) is 5.69 Å². The Hall–Kier alpha value is -1.96. The molecule has 0 saturated carbocycles. The van der Waals surface area contributed by atoms with Gasteiger partial charge in [0.15, 0.2) is 0 Å². The van der Waals surface area contributed by atoms with Gasteiger partial charge < -0.3 is 0 Å². The van der Waals surface area contributed by atoms with Crippen LogP contribution in [0, 0.1) is 12.7 Å². The Morgan fingerprint density at radius 1 is 1.25 bits per heavy atom. The van der Waals surface area contributed by atoms with E-state index in [0.29, 0.717) is 0 Å². The summed E-state index contributed by atoms with van der Waals surface area (Å²) in [6.45, 7) is 5.65. The van der Waals surface area contributed by atoms with Crippen molar-refractivity contribution in [1.29, 1.82) is 0 Å². The van der Waals surface area contributed by atoms with Crippen LogP contribution in [-0.2, 0) is 0 Å². The van der Waals surface area contributed by atoms with Gasteiger partial charge in [0.1, 0.15) is 5.82 Å². The molecule has 0 saturated heterocycles. The molecule has 0 spiro atoms. The number of aromatic nitrogens is 1. The molecule has 2 rings (SSSR count). The molecular weight excluding hydrogens is 201 g/mol. The summed E-state index contributed by atoms with van der Waals surface area (Å²) in [7, 11) is 0. The maximum atomic E-state index is 13.1. The Labute approximate surface area is 94.3 Å². The van der Waals surface area contributed by atoms with Crippen molar-refractivity contribution >= 4 is 6.08 Å². The fraction of sp³-hybridized carbons (Fsp3) is 0.0714. The third-order valence-corrected chi connectivity index (χ3v) is 2.47. The van der Waals surface area contributed by atoms with Crippen molar-refractivity contribution in [3.8, 4) is 11.1 Å². The maximum Gasteiger partial charge on any atom is 0.123 e. The molecule has 0 radical (unpaired) electrons. The van der Waals surface area contributed by atoms with Crippen LogP contribution in [0.4, 0.5) is 4.39 Å². The molecule has 0 bridgehead atoms. The molecule has 1 heterocycles. The summed E-state index contributed by atoms with van der Waals surface area (Å²) >= 11 is 0. The standard InChI is InChI=1S/C14H12FN/c1-3-14-10(2)7-12(9-16-14)11-5-4-6-13(15)8-11/h3-9H,1H2,2H3. The van der Waals surface area contributed by atoms with E-state index < -0.39 is 0 Å². The molecule has 0 unspecified atom stereocenters. The number of benzene rings is 1. The summed E-state index contributed by atoms with van der Waals surface area (Å²) in [5.41, 5.74) is 3.66. The Kier molecular flexibility index (Phi) is 2.82. The molecule has 1 nitrogen and oxygen atoms in total. The van der Waals surface area contributed by atoms with Gasteiger partial charge in [-0.2, -0.15) is 0 Å². The highest BCUT2D eigenvalue weighted by atomic mass is 19.1. The lowest BCUT2D eigenvalue weighted by Gasteiger charge is -2.05. The summed E-state index contributed by atoms with van der Waals surface area (Å²) < 4.78 is 13.1. The van der Waals surface area contributed by atoms with E-state index in [2.05, 4.69) is 11.6 Å². The minimum atomic E-state index is -0.233. The van der Waals surface area contributed by atoms with Crippen LogP contribution in [0.1, 0.15) is 11.3 Å². The highest BCUT2D eigenvalue weighted by Gasteiger charge is 2.02. The monoisotopic (exact) mass is 213 g/mol. The number of rotatable bonds is 2. The first-order valence-corrected chi connectivity index (χ1v) is 5.06. The van der Waals surface area contributed by atoms with Crippen LogP contribution < -0.4 is 0 Å². The van der Waals surface area contributed by atoms with E-state index in [1.165, 1.54) is 12.1 Å². The first-order chi connectivity index (χ1) is 7.70. The van der Waals surface area contributed by atoms with Crippen LogP contribution in [-0.4, -0.2) is 4.98 Å². The van der Waals surface area contributed by atoms with Gasteiger partial charge >= 0.3 is 0 Å². The molecule has 0 aliphatic heterocycles. The van der Waals surface area contributed by atoms with Crippen molar-refractivity contribution in [3.05, 3.63) is 60.2 Å². The topological polar surface area (TPSA) is 12.9 Å². The summed E-state index contributed by atoms with van der Waals surface area (Å²) in [4.78, 5) is 4.26. The van der Waals surface area contributed by atoms with Gasteiger partial charge in [0.25, 0.3) is 0 Å². The smallest absolute Gasteiger partial charge is 0.123 e. The van der Waals surface area contributed by atoms with Gasteiger partial charge in [0.2, 0.25) is 0 Å². The third kappa shape index (κ3) is 2.01. The number of pyridine rings is 1. The Balaban J connectivity index is 2.49. The fourth-order valence-corrected chi connectivity index (χ4v) is 1.62. The molecule has 1 aromatic carbocycles. The number of hydrogen-bond donors (Lipinski definition) is 0. The fourth-order valence-electron chi connectivity index (χ4n) is 1.62. The van der Waals surface area contributed by atoms with E-state index in [-0.39, 0.29) is 5.82 Å². The van der Waals surface area contributed by atoms with Crippen LogP contribution in [0.3, 0.4) is 0 Å². The van der Waals surface area contributed by atoms with E-state index in [4.69, 9.17) is 0 Å². The summed E-state index contributed by atoms with van der Waals surface area (Å²) in [5, 5.41) is 0. The van der Waals surface area contributed by atoms with Crippen molar-refractivity contribution in [3.63, 3.8) is 0 Å². The second-order valence-corrected chi connectivity index (χ2v) is 3.64. The molecule has 0 amide bonds. The Bertz CT molecular complexity index is 532. The maximum absolute atomic E-state index is 13.1. The quantitative estimate of drug-likeness (QED) is 0.738. The van der Waals surface area contributed by atoms with Gasteiger partial charge in [-0.1, -0.05) is 18.7 Å². The predicted octanol–water partition coefficient (Wildman–Crippen LogP) is 3.84. The molecule has 2 aromatic rings. The molecule has 0 aliphatic carbocycles. The van der Waals surface area contributed by atoms with Crippen molar-refractivity contribution in [2.24, 2.45) is 0 Å². The third-order valence-electron chi connectivity index (χ3n) is 2.47. The molecular formula is C14H12FN. The minimum absolute atomic E-state index is 0.233. The van der Waals surface area contributed by atoms with Gasteiger partial charge in [-0.05, 0) is 42.3 Å². The highest BCUT2D eigenvalue weighted by Crippen LogP contribution is 2.21. The number of nitrogens with zero attached hydrogens (tertiary/aromatic N) is 1. The van der Waals surface area contributed by atoms with Gasteiger partial charge in [-0.15, -0.1) is 0 Å². The molecule has 80 valence electrons. The normalized spacial score (nSPS) is 10.1. The van der Waals surface area contributed by atoms with E-state index in [0.717, 1.165) is 22.4 Å². The van der Waals surface area contributed by atoms with Crippen molar-refractivity contribution in [2.45, 2.75) is 6.92 Å². The van der Waals surface area contributed by atoms with E-state index in [1.807, 2.05) is 19.1 Å². The largest absolute Gasteiger partial charge is 0.256 e. The van der Waals surface area contributed by atoms with Crippen molar-refractivity contribution in [2.75, 3.05) is 0 Å². The van der Waals surface area contributed by atoms with Crippen LogP contribution in [0.5, 0.6) is 0 Å². The zero-order valence-corrected chi connectivity index (χ0v) is 9.07. The molecule has 0 aliphatic rings. The van der Waals surface area contributed by atoms with Crippen LogP contribution in [0.2, 0.25) is 0 Å². The Morgan fingerprint density at radius 3 is 2.69 bits per heavy atom. The number of aryl methyl sites for hydroxylation is 1. The van der Waals surface area contributed by atoms with Crippen molar-refractivity contribution < 1.29 is 4.39 Å². The van der Waals surface area contributed by atoms with E-state index >= 15 is 0 Å². The summed E-state index contributed by atoms with van der Waals surface area (Å²) in [5.74, 6) is -0.233. The lowest BCUT2D eigenvalue weighted by atomic mass is 10.0. The second kappa shape index (κ2) is 4.27. The molecule has 1 aromatic heterocycles. The Morgan fingerprint density at radius 2 is 2.06 bits per heavy atom. The van der Waals surface area contributed by atoms with E-state index in [9.17, 15) is 4.39 Å². The second-order valence-electron chi connectivity index (χ2n) is 3.64. The average molecular weight is 213 g/mol. The molecule has 16 heavy (non-hydrogen) atoms. The zero-order chi connectivity index (χ0) is 11.5. The summed E-state index contributed by atoms with van der Waals surface area (Å²) in [6.07, 6.45) is 3.45. The van der Waals surface area contributed by atoms with Crippen LogP contribution >= 0.6 is 0 Å². The molecule has 2 heteroatoms. The predicted molar refractivity (Wildman–Crippen MR) is 64.5 cm³/mol. The van der Waals surface area contributed by atoms with Crippen molar-refractivity contribution in [1.82, 2.24) is 4.98 Å². The number of halogens is 1. The highest BCUT2D eigenvalue weighted by molar-refractivity contribution is 5.65. The molecule has 0 fully saturated rings. The van der Waals surface area contributed by atoms with Gasteiger partial charge in [-0.25, -0.2) is 4.39 Å². The zero-order valence-electron chi connectivity index (χ0n) is 9.07. The van der Waals surface area contributed by atoms with Crippen LogP contribution in [0.15, 0.2) is 43.1 Å². The van der Waals surface area contributed by atoms with Gasteiger partial charge in [0, 0.05) is 11.8 Å². The van der Waals surface area contributed by atoms with E-state index in [1.54, 1.807) is 18.3 Å². The average Bonchev–Trinajstić information content (AvgIpc) is 2.29. The van der Waals surface area contributed by atoms with Crippen LogP contribution in [0.25, 0.3) is 17.2 Å². The molecule has 0 N–H and O–H groups in total. The SMILES string of the molecule is C=Cc1ncc(-c2cccc(F)c2)cc1C. The van der Waals surface area contributed by atoms with Gasteiger partial charge in [-0.3, -0.25) is 4.98 Å². The number of hydrogen-bond acceptors (Lipinski definition) is 1. The summed E-state index contributed by atoms with van der Waals surface area (Å²) in [6, 6.07) is 8.49.